The number of hydrogen-bond acceptors (Lipinski definition) is 2. The van der Waals surface area contributed by atoms with Crippen LogP contribution in [0.4, 0.5) is 0 Å². The maximum absolute atomic E-state index is 12.1. The lowest BCUT2D eigenvalue weighted by Crippen LogP contribution is -2.39. The Labute approximate surface area is 109 Å². The minimum atomic E-state index is 0.283. The molecule has 100 valence electrons. The number of carbonyl (C=O) groups excluding carboxylic acids is 1. The summed E-state index contributed by atoms with van der Waals surface area (Å²) in [6.45, 7) is 7.17. The lowest BCUT2D eigenvalue weighted by Gasteiger charge is -2.34. The summed E-state index contributed by atoms with van der Waals surface area (Å²) < 4.78 is 1.96. The molecular weight excluding hydrogens is 226 g/mol. The van der Waals surface area contributed by atoms with Crippen LogP contribution in [0.3, 0.4) is 0 Å². The van der Waals surface area contributed by atoms with Gasteiger partial charge in [-0.1, -0.05) is 13.8 Å². The van der Waals surface area contributed by atoms with Crippen molar-refractivity contribution in [1.29, 1.82) is 0 Å². The normalized spacial score (nSPS) is 17.4. The second kappa shape index (κ2) is 6.03. The molecule has 4 nitrogen and oxygen atoms in total. The van der Waals surface area contributed by atoms with Gasteiger partial charge in [0.2, 0.25) is 5.91 Å². The fraction of sp³-hybridized carbons (Fsp3) is 0.714. The Kier molecular flexibility index (Phi) is 4.39. The Morgan fingerprint density at radius 2 is 2.11 bits per heavy atom. The van der Waals surface area contributed by atoms with Gasteiger partial charge in [-0.3, -0.25) is 4.79 Å². The van der Waals surface area contributed by atoms with Crippen molar-refractivity contribution in [2.45, 2.75) is 39.7 Å². The molecule has 1 amide bonds. The number of hydrogen-bond donors (Lipinski definition) is 0. The molecule has 18 heavy (non-hydrogen) atoms. The largest absolute Gasteiger partial charge is 0.343 e. The molecule has 0 atom stereocenters. The molecule has 1 saturated heterocycles. The number of likely N-dealkylation sites (tertiary alicyclic amines) is 1. The number of aromatic nitrogens is 2. The van der Waals surface area contributed by atoms with Gasteiger partial charge in [0.15, 0.2) is 0 Å². The van der Waals surface area contributed by atoms with Gasteiger partial charge in [0.05, 0.1) is 6.33 Å². The molecule has 2 heterocycles. The molecule has 0 saturated carbocycles. The van der Waals surface area contributed by atoms with Crippen molar-refractivity contribution >= 4 is 5.91 Å². The first kappa shape index (κ1) is 13.1. The smallest absolute Gasteiger partial charge is 0.224 e. The van der Waals surface area contributed by atoms with Gasteiger partial charge in [-0.05, 0) is 24.7 Å². The second-order valence-electron chi connectivity index (χ2n) is 5.51. The molecule has 0 aromatic carbocycles. The zero-order chi connectivity index (χ0) is 13.0. The molecule has 0 radical (unpaired) electrons. The highest BCUT2D eigenvalue weighted by atomic mass is 16.2. The predicted octanol–water partition coefficient (Wildman–Crippen LogP) is 2.17. The molecule has 1 fully saturated rings. The first-order valence-corrected chi connectivity index (χ1v) is 6.90. The lowest BCUT2D eigenvalue weighted by atomic mass is 9.86. The topological polar surface area (TPSA) is 38.1 Å². The second-order valence-corrected chi connectivity index (χ2v) is 5.51. The number of piperidine rings is 1. The van der Waals surface area contributed by atoms with Crippen molar-refractivity contribution in [3.05, 3.63) is 18.7 Å². The maximum atomic E-state index is 12.1. The standard InChI is InChI=1S/C14H23N3O/c1-12(2)13-3-8-17(9-4-13)14(18)5-7-16-10-6-15-11-16/h6,10-13H,3-5,7-9H2,1-2H3. The fourth-order valence-corrected chi connectivity index (χ4v) is 2.62. The molecule has 1 aromatic heterocycles. The van der Waals surface area contributed by atoms with Crippen molar-refractivity contribution in [3.8, 4) is 0 Å². The molecule has 0 N–H and O–H groups in total. The van der Waals surface area contributed by atoms with Crippen LogP contribution >= 0.6 is 0 Å². The molecular formula is C14H23N3O. The van der Waals surface area contributed by atoms with Gasteiger partial charge in [0, 0.05) is 38.4 Å². The highest BCUT2D eigenvalue weighted by Crippen LogP contribution is 2.24. The Morgan fingerprint density at radius 3 is 2.67 bits per heavy atom. The molecule has 1 aromatic rings. The van der Waals surface area contributed by atoms with E-state index in [0.29, 0.717) is 6.42 Å². The van der Waals surface area contributed by atoms with Crippen LogP contribution in [-0.4, -0.2) is 33.4 Å². The van der Waals surface area contributed by atoms with Gasteiger partial charge in [0.25, 0.3) is 0 Å². The zero-order valence-electron chi connectivity index (χ0n) is 11.4. The van der Waals surface area contributed by atoms with E-state index in [1.807, 2.05) is 15.7 Å². The van der Waals surface area contributed by atoms with Crippen molar-refractivity contribution in [1.82, 2.24) is 14.5 Å². The Morgan fingerprint density at radius 1 is 1.39 bits per heavy atom. The van der Waals surface area contributed by atoms with Crippen LogP contribution in [0.1, 0.15) is 33.1 Å². The average molecular weight is 249 g/mol. The van der Waals surface area contributed by atoms with Crippen LogP contribution in [0.5, 0.6) is 0 Å². The van der Waals surface area contributed by atoms with E-state index in [4.69, 9.17) is 0 Å². The van der Waals surface area contributed by atoms with E-state index in [-0.39, 0.29) is 5.91 Å². The van der Waals surface area contributed by atoms with E-state index < -0.39 is 0 Å². The van der Waals surface area contributed by atoms with Gasteiger partial charge < -0.3 is 9.47 Å². The summed E-state index contributed by atoms with van der Waals surface area (Å²) in [5.41, 5.74) is 0. The lowest BCUT2D eigenvalue weighted by molar-refractivity contribution is -0.133. The Hall–Kier alpha value is -1.32. The van der Waals surface area contributed by atoms with Crippen molar-refractivity contribution < 1.29 is 4.79 Å². The maximum Gasteiger partial charge on any atom is 0.224 e. The number of imidazole rings is 1. The third-order valence-corrected chi connectivity index (χ3v) is 3.98. The molecule has 0 bridgehead atoms. The molecule has 4 heteroatoms. The van der Waals surface area contributed by atoms with Gasteiger partial charge >= 0.3 is 0 Å². The van der Waals surface area contributed by atoms with Crippen molar-refractivity contribution in [2.24, 2.45) is 11.8 Å². The first-order valence-electron chi connectivity index (χ1n) is 6.90. The van der Waals surface area contributed by atoms with E-state index >= 15 is 0 Å². The van der Waals surface area contributed by atoms with Crippen molar-refractivity contribution in [3.63, 3.8) is 0 Å². The third-order valence-electron chi connectivity index (χ3n) is 3.98. The summed E-state index contributed by atoms with van der Waals surface area (Å²) in [4.78, 5) is 18.1. The van der Waals surface area contributed by atoms with Crippen LogP contribution in [0.25, 0.3) is 0 Å². The molecule has 1 aliphatic rings. The number of aryl methyl sites for hydroxylation is 1. The number of rotatable bonds is 4. The third kappa shape index (κ3) is 3.34. The quantitative estimate of drug-likeness (QED) is 0.820. The summed E-state index contributed by atoms with van der Waals surface area (Å²) in [6, 6.07) is 0. The van der Waals surface area contributed by atoms with Gasteiger partial charge in [-0.25, -0.2) is 4.98 Å². The number of carbonyl (C=O) groups is 1. The van der Waals surface area contributed by atoms with E-state index in [1.165, 1.54) is 0 Å². The summed E-state index contributed by atoms with van der Waals surface area (Å²) in [5, 5.41) is 0. The number of amides is 1. The van der Waals surface area contributed by atoms with Crippen LogP contribution < -0.4 is 0 Å². The van der Waals surface area contributed by atoms with Crippen LogP contribution in [0.15, 0.2) is 18.7 Å². The summed E-state index contributed by atoms with van der Waals surface area (Å²) in [5.74, 6) is 1.82. The Balaban J connectivity index is 1.74. The van der Waals surface area contributed by atoms with E-state index in [1.54, 1.807) is 12.5 Å². The van der Waals surface area contributed by atoms with E-state index in [2.05, 4.69) is 18.8 Å². The van der Waals surface area contributed by atoms with E-state index in [0.717, 1.165) is 44.3 Å². The van der Waals surface area contributed by atoms with Crippen LogP contribution in [0.2, 0.25) is 0 Å². The highest BCUT2D eigenvalue weighted by molar-refractivity contribution is 5.76. The predicted molar refractivity (Wildman–Crippen MR) is 71.0 cm³/mol. The zero-order valence-corrected chi connectivity index (χ0v) is 11.4. The molecule has 2 rings (SSSR count). The SMILES string of the molecule is CC(C)C1CCN(C(=O)CCn2ccnc2)CC1. The molecule has 0 unspecified atom stereocenters. The molecule has 0 aliphatic carbocycles. The average Bonchev–Trinajstić information content (AvgIpc) is 2.89. The van der Waals surface area contributed by atoms with Gasteiger partial charge in [-0.2, -0.15) is 0 Å². The van der Waals surface area contributed by atoms with Gasteiger partial charge in [0.1, 0.15) is 0 Å². The highest BCUT2D eigenvalue weighted by Gasteiger charge is 2.24. The summed E-state index contributed by atoms with van der Waals surface area (Å²) >= 11 is 0. The molecule has 0 spiro atoms. The van der Waals surface area contributed by atoms with Gasteiger partial charge in [-0.15, -0.1) is 0 Å². The Bertz CT molecular complexity index is 364. The first-order chi connectivity index (χ1) is 8.66. The summed E-state index contributed by atoms with van der Waals surface area (Å²) in [7, 11) is 0. The van der Waals surface area contributed by atoms with Crippen molar-refractivity contribution in [2.75, 3.05) is 13.1 Å². The monoisotopic (exact) mass is 249 g/mol. The molecule has 1 aliphatic heterocycles. The fourth-order valence-electron chi connectivity index (χ4n) is 2.62. The number of nitrogens with zero attached hydrogens (tertiary/aromatic N) is 3. The van der Waals surface area contributed by atoms with Crippen LogP contribution in [-0.2, 0) is 11.3 Å². The summed E-state index contributed by atoms with van der Waals surface area (Å²) in [6.07, 6.45) is 8.32. The van der Waals surface area contributed by atoms with E-state index in [9.17, 15) is 4.79 Å². The minimum Gasteiger partial charge on any atom is -0.343 e. The van der Waals surface area contributed by atoms with Crippen LogP contribution in [0, 0.1) is 11.8 Å². The minimum absolute atomic E-state index is 0.283.